The molecule has 5 N–H and O–H groups in total. The molecule has 0 radical (unpaired) electrons. The van der Waals surface area contributed by atoms with Crippen molar-refractivity contribution in [2.45, 2.75) is 12.2 Å². The van der Waals surface area contributed by atoms with Crippen LogP contribution in [0.25, 0.3) is 0 Å². The highest BCUT2D eigenvalue weighted by Gasteiger charge is 2.21. The summed E-state index contributed by atoms with van der Waals surface area (Å²) in [6, 6.07) is 4.67. The van der Waals surface area contributed by atoms with Crippen molar-refractivity contribution in [1.82, 2.24) is 0 Å². The number of phenols is 1. The van der Waals surface area contributed by atoms with Gasteiger partial charge in [-0.25, -0.2) is 0 Å². The van der Waals surface area contributed by atoms with E-state index in [1.54, 1.807) is 12.1 Å². The van der Waals surface area contributed by atoms with E-state index in [1.807, 2.05) is 0 Å². The number of hydrogen-bond donors (Lipinski definition) is 4. The molecule has 2 atom stereocenters. The molecule has 5 nitrogen and oxygen atoms in total. The Bertz CT molecular complexity index is 329. The molecule has 0 amide bonds. The monoisotopic (exact) mass is 213 g/mol. The molecule has 1 rings (SSSR count). The van der Waals surface area contributed by atoms with Crippen molar-refractivity contribution in [3.8, 4) is 11.5 Å². The summed E-state index contributed by atoms with van der Waals surface area (Å²) < 4.78 is 4.88. The van der Waals surface area contributed by atoms with Gasteiger partial charge in [-0.2, -0.15) is 0 Å². The predicted molar refractivity (Wildman–Crippen MR) is 54.7 cm³/mol. The summed E-state index contributed by atoms with van der Waals surface area (Å²) in [5.41, 5.74) is 5.41. The summed E-state index contributed by atoms with van der Waals surface area (Å²) >= 11 is 0. The Hall–Kier alpha value is -1.30. The van der Waals surface area contributed by atoms with Crippen LogP contribution in [-0.4, -0.2) is 35.1 Å². The molecule has 2 unspecified atom stereocenters. The first-order valence-corrected chi connectivity index (χ1v) is 4.53. The summed E-state index contributed by atoms with van der Waals surface area (Å²) in [6.07, 6.45) is -2.33. The second kappa shape index (κ2) is 4.97. The van der Waals surface area contributed by atoms with Crippen LogP contribution in [0.3, 0.4) is 0 Å². The third-order valence-corrected chi connectivity index (χ3v) is 2.17. The van der Waals surface area contributed by atoms with E-state index in [0.29, 0.717) is 0 Å². The standard InChI is InChI=1S/C10H15NO4/c1-15-8-4-2-3-6(10(8)14)9(13)7(12)5-11/h2-4,7,9,12-14H,5,11H2,1H3. The largest absolute Gasteiger partial charge is 0.504 e. The molecule has 0 saturated heterocycles. The summed E-state index contributed by atoms with van der Waals surface area (Å²) in [5, 5.41) is 28.7. The SMILES string of the molecule is COc1cccc(C(O)C(O)CN)c1O. The topological polar surface area (TPSA) is 95.9 Å². The number of rotatable bonds is 4. The Balaban J connectivity index is 3.03. The maximum Gasteiger partial charge on any atom is 0.163 e. The van der Waals surface area contributed by atoms with Crippen molar-refractivity contribution in [3.63, 3.8) is 0 Å². The lowest BCUT2D eigenvalue weighted by molar-refractivity contribution is 0.0228. The fourth-order valence-corrected chi connectivity index (χ4v) is 1.28. The number of aromatic hydroxyl groups is 1. The van der Waals surface area contributed by atoms with Gasteiger partial charge in [-0.1, -0.05) is 12.1 Å². The lowest BCUT2D eigenvalue weighted by atomic mass is 10.0. The highest BCUT2D eigenvalue weighted by atomic mass is 16.5. The minimum atomic E-state index is -1.22. The number of hydrogen-bond acceptors (Lipinski definition) is 5. The quantitative estimate of drug-likeness (QED) is 0.553. The average molecular weight is 213 g/mol. The minimum absolute atomic E-state index is 0.0855. The van der Waals surface area contributed by atoms with E-state index in [0.717, 1.165) is 0 Å². The second-order valence-electron chi connectivity index (χ2n) is 3.15. The van der Waals surface area contributed by atoms with Crippen molar-refractivity contribution in [3.05, 3.63) is 23.8 Å². The molecule has 84 valence electrons. The predicted octanol–water partition coefficient (Wildman–Crippen LogP) is -0.246. The number of para-hydroxylation sites is 1. The van der Waals surface area contributed by atoms with E-state index in [2.05, 4.69) is 0 Å². The van der Waals surface area contributed by atoms with Crippen LogP contribution in [-0.2, 0) is 0 Å². The zero-order valence-electron chi connectivity index (χ0n) is 8.42. The molecule has 1 aromatic carbocycles. The molecule has 1 aromatic rings. The van der Waals surface area contributed by atoms with Gasteiger partial charge in [0.15, 0.2) is 11.5 Å². The lowest BCUT2D eigenvalue weighted by Crippen LogP contribution is -2.27. The zero-order valence-corrected chi connectivity index (χ0v) is 8.42. The van der Waals surface area contributed by atoms with Gasteiger partial charge in [0.2, 0.25) is 0 Å². The lowest BCUT2D eigenvalue weighted by Gasteiger charge is -2.18. The molecule has 0 saturated carbocycles. The summed E-state index contributed by atoms with van der Waals surface area (Å²) in [5.74, 6) is 0.0655. The summed E-state index contributed by atoms with van der Waals surface area (Å²) in [7, 11) is 1.41. The van der Waals surface area contributed by atoms with E-state index in [4.69, 9.17) is 10.5 Å². The van der Waals surface area contributed by atoms with Crippen molar-refractivity contribution >= 4 is 0 Å². The smallest absolute Gasteiger partial charge is 0.163 e. The maximum atomic E-state index is 9.67. The molecule has 0 aromatic heterocycles. The first-order chi connectivity index (χ1) is 7.11. The van der Waals surface area contributed by atoms with Gasteiger partial charge >= 0.3 is 0 Å². The fourth-order valence-electron chi connectivity index (χ4n) is 1.28. The molecule has 0 heterocycles. The summed E-state index contributed by atoms with van der Waals surface area (Å²) in [6.45, 7) is -0.0855. The molecule has 0 spiro atoms. The number of ether oxygens (including phenoxy) is 1. The number of methoxy groups -OCH3 is 1. The van der Waals surface area contributed by atoms with Gasteiger partial charge < -0.3 is 25.8 Å². The molecule has 0 aliphatic rings. The van der Waals surface area contributed by atoms with E-state index >= 15 is 0 Å². The highest BCUT2D eigenvalue weighted by Crippen LogP contribution is 2.34. The van der Waals surface area contributed by atoms with Crippen molar-refractivity contribution in [1.29, 1.82) is 0 Å². The van der Waals surface area contributed by atoms with Crippen LogP contribution in [0, 0.1) is 0 Å². The Labute approximate surface area is 87.7 Å². The van der Waals surface area contributed by atoms with Gasteiger partial charge in [-0.05, 0) is 6.07 Å². The maximum absolute atomic E-state index is 9.67. The highest BCUT2D eigenvalue weighted by molar-refractivity contribution is 5.46. The van der Waals surface area contributed by atoms with Crippen LogP contribution in [0.1, 0.15) is 11.7 Å². The van der Waals surface area contributed by atoms with Crippen LogP contribution < -0.4 is 10.5 Å². The molecule has 0 bridgehead atoms. The molecule has 0 fully saturated rings. The first kappa shape index (κ1) is 11.8. The van der Waals surface area contributed by atoms with E-state index in [-0.39, 0.29) is 23.6 Å². The van der Waals surface area contributed by atoms with Crippen molar-refractivity contribution in [2.75, 3.05) is 13.7 Å². The number of nitrogens with two attached hydrogens (primary N) is 1. The fraction of sp³-hybridized carbons (Fsp3) is 0.400. The first-order valence-electron chi connectivity index (χ1n) is 4.53. The number of benzene rings is 1. The third kappa shape index (κ3) is 2.38. The van der Waals surface area contributed by atoms with E-state index in [9.17, 15) is 15.3 Å². The Morgan fingerprint density at radius 3 is 2.60 bits per heavy atom. The molecule has 5 heteroatoms. The Morgan fingerprint density at radius 1 is 1.40 bits per heavy atom. The van der Waals surface area contributed by atoms with Crippen molar-refractivity contribution < 1.29 is 20.1 Å². The summed E-state index contributed by atoms with van der Waals surface area (Å²) in [4.78, 5) is 0. The zero-order chi connectivity index (χ0) is 11.4. The molecule has 0 aliphatic heterocycles. The molecular weight excluding hydrogens is 198 g/mol. The average Bonchev–Trinajstić information content (AvgIpc) is 2.27. The van der Waals surface area contributed by atoms with Crippen LogP contribution >= 0.6 is 0 Å². The van der Waals surface area contributed by atoms with Crippen LogP contribution in [0.5, 0.6) is 11.5 Å². The van der Waals surface area contributed by atoms with Gasteiger partial charge in [-0.15, -0.1) is 0 Å². The molecule has 15 heavy (non-hydrogen) atoms. The van der Waals surface area contributed by atoms with Gasteiger partial charge in [0.25, 0.3) is 0 Å². The van der Waals surface area contributed by atoms with Gasteiger partial charge in [0.05, 0.1) is 13.2 Å². The second-order valence-corrected chi connectivity index (χ2v) is 3.15. The van der Waals surface area contributed by atoms with Gasteiger partial charge in [-0.3, -0.25) is 0 Å². The number of aliphatic hydroxyl groups excluding tert-OH is 2. The molecular formula is C10H15NO4. The number of aliphatic hydroxyl groups is 2. The number of phenolic OH excluding ortho intramolecular Hbond substituents is 1. The minimum Gasteiger partial charge on any atom is -0.504 e. The van der Waals surface area contributed by atoms with Gasteiger partial charge in [0.1, 0.15) is 6.10 Å². The third-order valence-electron chi connectivity index (χ3n) is 2.17. The van der Waals surface area contributed by atoms with Crippen molar-refractivity contribution in [2.24, 2.45) is 5.73 Å². The van der Waals surface area contributed by atoms with E-state index < -0.39 is 12.2 Å². The van der Waals surface area contributed by atoms with Crippen LogP contribution in [0.2, 0.25) is 0 Å². The van der Waals surface area contributed by atoms with Gasteiger partial charge in [0, 0.05) is 12.1 Å². The van der Waals surface area contributed by atoms with Crippen LogP contribution in [0.15, 0.2) is 18.2 Å². The Kier molecular flexibility index (Phi) is 3.90. The molecule has 0 aliphatic carbocycles. The normalized spacial score (nSPS) is 14.7. The Morgan fingerprint density at radius 2 is 2.07 bits per heavy atom. The van der Waals surface area contributed by atoms with Crippen LogP contribution in [0.4, 0.5) is 0 Å². The van der Waals surface area contributed by atoms with E-state index in [1.165, 1.54) is 13.2 Å².